The van der Waals surface area contributed by atoms with Gasteiger partial charge in [0.15, 0.2) is 0 Å². The topological polar surface area (TPSA) is 31.6 Å². The first kappa shape index (κ1) is 17.4. The van der Waals surface area contributed by atoms with Crippen molar-refractivity contribution in [2.45, 2.75) is 58.4 Å². The minimum Gasteiger partial charge on any atom is -0.461 e. The fourth-order valence-electron chi connectivity index (χ4n) is 2.74. The highest BCUT2D eigenvalue weighted by Gasteiger charge is 2.53. The number of hydrogen-bond acceptors (Lipinski definition) is 3. The highest BCUT2D eigenvalue weighted by Crippen LogP contribution is 2.39. The Kier molecular flexibility index (Phi) is 3.81. The number of furan rings is 1. The molecular formula is C17H20BF3O3. The molecule has 0 atom stereocenters. The zero-order valence-corrected chi connectivity index (χ0v) is 14.4. The van der Waals surface area contributed by atoms with Crippen molar-refractivity contribution in [3.8, 4) is 0 Å². The van der Waals surface area contributed by atoms with Gasteiger partial charge in [0.2, 0.25) is 0 Å². The number of alkyl halides is 3. The van der Waals surface area contributed by atoms with Crippen molar-refractivity contribution >= 4 is 23.6 Å². The summed E-state index contributed by atoms with van der Waals surface area (Å²) in [5, 5.41) is 0.615. The fraction of sp³-hybridized carbons (Fsp3) is 0.529. The molecule has 1 aromatic heterocycles. The van der Waals surface area contributed by atoms with Crippen molar-refractivity contribution in [1.82, 2.24) is 0 Å². The molecule has 1 saturated heterocycles. The average molecular weight is 340 g/mol. The van der Waals surface area contributed by atoms with E-state index in [0.717, 1.165) is 6.07 Å². The standard InChI is InChI=1S/C17H20BF3O3/c1-6-11-7-10-8-13(12(17(19,20)21)9-14(10)22-11)18-23-15(2,3)16(4,5)24-18/h7-9H,6H2,1-5H3. The zero-order chi connectivity index (χ0) is 17.9. The molecule has 24 heavy (non-hydrogen) atoms. The minimum atomic E-state index is -4.52. The lowest BCUT2D eigenvalue weighted by atomic mass is 9.75. The van der Waals surface area contributed by atoms with Crippen LogP contribution in [0.5, 0.6) is 0 Å². The van der Waals surface area contributed by atoms with Gasteiger partial charge >= 0.3 is 13.3 Å². The smallest absolute Gasteiger partial charge is 0.461 e. The Balaban J connectivity index is 2.15. The number of fused-ring (bicyclic) bond motifs is 1. The third-order valence-electron chi connectivity index (χ3n) is 4.90. The number of rotatable bonds is 2. The van der Waals surface area contributed by atoms with Crippen molar-refractivity contribution in [3.05, 3.63) is 29.5 Å². The van der Waals surface area contributed by atoms with Gasteiger partial charge < -0.3 is 13.7 Å². The average Bonchev–Trinajstić information content (AvgIpc) is 2.94. The normalized spacial score (nSPS) is 20.1. The van der Waals surface area contributed by atoms with Crippen molar-refractivity contribution in [1.29, 1.82) is 0 Å². The van der Waals surface area contributed by atoms with E-state index in [9.17, 15) is 13.2 Å². The molecule has 0 amide bonds. The second-order valence-corrected chi connectivity index (χ2v) is 7.13. The highest BCUT2D eigenvalue weighted by molar-refractivity contribution is 6.63. The van der Waals surface area contributed by atoms with Crippen LogP contribution in [0.25, 0.3) is 11.0 Å². The molecular weight excluding hydrogens is 320 g/mol. The largest absolute Gasteiger partial charge is 0.495 e. The number of halogens is 3. The first-order valence-corrected chi connectivity index (χ1v) is 7.94. The van der Waals surface area contributed by atoms with Crippen LogP contribution in [0.1, 0.15) is 45.9 Å². The van der Waals surface area contributed by atoms with E-state index in [-0.39, 0.29) is 11.0 Å². The summed E-state index contributed by atoms with van der Waals surface area (Å²) in [7, 11) is -1.07. The Labute approximate surface area is 139 Å². The maximum absolute atomic E-state index is 13.6. The molecule has 1 aliphatic rings. The Morgan fingerprint density at radius 1 is 1.00 bits per heavy atom. The van der Waals surface area contributed by atoms with Crippen molar-refractivity contribution in [2.75, 3.05) is 0 Å². The molecule has 0 saturated carbocycles. The van der Waals surface area contributed by atoms with Crippen LogP contribution in [0.4, 0.5) is 13.2 Å². The summed E-state index contributed by atoms with van der Waals surface area (Å²) in [6.07, 6.45) is -3.91. The summed E-state index contributed by atoms with van der Waals surface area (Å²) in [4.78, 5) is 0. The van der Waals surface area contributed by atoms with E-state index in [4.69, 9.17) is 13.7 Å². The summed E-state index contributed by atoms with van der Waals surface area (Å²) in [6, 6.07) is 4.25. The van der Waals surface area contributed by atoms with Crippen molar-refractivity contribution in [3.63, 3.8) is 0 Å². The molecule has 0 spiro atoms. The van der Waals surface area contributed by atoms with E-state index in [2.05, 4.69) is 0 Å². The van der Waals surface area contributed by atoms with Gasteiger partial charge in [-0.2, -0.15) is 13.2 Å². The van der Waals surface area contributed by atoms with E-state index in [1.807, 2.05) is 34.6 Å². The number of aryl methyl sites for hydroxylation is 1. The molecule has 2 aromatic rings. The lowest BCUT2D eigenvalue weighted by Gasteiger charge is -2.32. The molecule has 0 unspecified atom stereocenters. The molecule has 0 aliphatic carbocycles. The number of benzene rings is 1. The third kappa shape index (κ3) is 2.73. The first-order valence-electron chi connectivity index (χ1n) is 7.94. The molecule has 1 fully saturated rings. The van der Waals surface area contributed by atoms with Crippen LogP contribution < -0.4 is 5.46 Å². The van der Waals surface area contributed by atoms with Crippen LogP contribution in [-0.2, 0) is 21.9 Å². The van der Waals surface area contributed by atoms with Crippen LogP contribution in [0, 0.1) is 0 Å². The summed E-state index contributed by atoms with van der Waals surface area (Å²) < 4.78 is 57.8. The van der Waals surface area contributed by atoms with E-state index in [1.54, 1.807) is 6.07 Å². The van der Waals surface area contributed by atoms with Gasteiger partial charge in [0.05, 0.1) is 16.8 Å². The maximum atomic E-state index is 13.6. The molecule has 3 nitrogen and oxygen atoms in total. The Bertz CT molecular complexity index is 761. The van der Waals surface area contributed by atoms with Gasteiger partial charge in [-0.15, -0.1) is 0 Å². The van der Waals surface area contributed by atoms with Gasteiger partial charge in [0.1, 0.15) is 11.3 Å². The van der Waals surface area contributed by atoms with Crippen LogP contribution in [0.15, 0.2) is 22.6 Å². The third-order valence-corrected chi connectivity index (χ3v) is 4.90. The molecule has 0 N–H and O–H groups in total. The van der Waals surface area contributed by atoms with Gasteiger partial charge in [0.25, 0.3) is 0 Å². The van der Waals surface area contributed by atoms with Crippen LogP contribution >= 0.6 is 0 Å². The van der Waals surface area contributed by atoms with Crippen LogP contribution in [-0.4, -0.2) is 18.3 Å². The van der Waals surface area contributed by atoms with Crippen molar-refractivity contribution in [2.24, 2.45) is 0 Å². The monoisotopic (exact) mass is 340 g/mol. The molecule has 130 valence electrons. The Hall–Kier alpha value is -1.47. The van der Waals surface area contributed by atoms with Gasteiger partial charge in [-0.1, -0.05) is 13.0 Å². The summed E-state index contributed by atoms with van der Waals surface area (Å²) >= 11 is 0. The Morgan fingerprint density at radius 3 is 2.08 bits per heavy atom. The van der Waals surface area contributed by atoms with Crippen molar-refractivity contribution < 1.29 is 26.9 Å². The molecule has 0 bridgehead atoms. The zero-order valence-electron chi connectivity index (χ0n) is 14.4. The minimum absolute atomic E-state index is 0.0166. The van der Waals surface area contributed by atoms with Gasteiger partial charge in [-0.3, -0.25) is 0 Å². The molecule has 1 aliphatic heterocycles. The van der Waals surface area contributed by atoms with Gasteiger partial charge in [-0.25, -0.2) is 0 Å². The number of hydrogen-bond donors (Lipinski definition) is 0. The predicted octanol–water partition coefficient (Wildman–Crippen LogP) is 4.31. The van der Waals surface area contributed by atoms with E-state index in [0.29, 0.717) is 17.6 Å². The Morgan fingerprint density at radius 2 is 1.58 bits per heavy atom. The fourth-order valence-corrected chi connectivity index (χ4v) is 2.74. The lowest BCUT2D eigenvalue weighted by Crippen LogP contribution is -2.41. The van der Waals surface area contributed by atoms with E-state index in [1.165, 1.54) is 6.07 Å². The molecule has 1 aromatic carbocycles. The summed E-state index contributed by atoms with van der Waals surface area (Å²) in [6.45, 7) is 9.13. The van der Waals surface area contributed by atoms with Gasteiger partial charge in [0, 0.05) is 11.8 Å². The second kappa shape index (κ2) is 5.26. The predicted molar refractivity (Wildman–Crippen MR) is 86.3 cm³/mol. The quantitative estimate of drug-likeness (QED) is 0.764. The molecule has 3 rings (SSSR count). The van der Waals surface area contributed by atoms with Gasteiger partial charge in [-0.05, 0) is 45.3 Å². The van der Waals surface area contributed by atoms with Crippen LogP contribution in [0.2, 0.25) is 0 Å². The molecule has 0 radical (unpaired) electrons. The molecule has 7 heteroatoms. The van der Waals surface area contributed by atoms with E-state index < -0.39 is 30.1 Å². The molecule has 2 heterocycles. The second-order valence-electron chi connectivity index (χ2n) is 7.13. The van der Waals surface area contributed by atoms with E-state index >= 15 is 0 Å². The highest BCUT2D eigenvalue weighted by atomic mass is 19.4. The lowest BCUT2D eigenvalue weighted by molar-refractivity contribution is -0.136. The summed E-state index contributed by atoms with van der Waals surface area (Å²) in [5.74, 6) is 0.643. The van der Waals surface area contributed by atoms with Crippen LogP contribution in [0.3, 0.4) is 0 Å². The summed E-state index contributed by atoms with van der Waals surface area (Å²) in [5.41, 5.74) is -2.00. The first-order chi connectivity index (χ1) is 10.9. The maximum Gasteiger partial charge on any atom is 0.495 e. The SMILES string of the molecule is CCc1cc2cc(B3OC(C)(C)C(C)(C)O3)c(C(F)(F)F)cc2o1.